The highest BCUT2D eigenvalue weighted by atomic mass is 16.2. The Morgan fingerprint density at radius 3 is 2.26 bits per heavy atom. The fraction of sp³-hybridized carbons (Fsp3) is 0.759. The highest BCUT2D eigenvalue weighted by Crippen LogP contribution is 2.65. The zero-order valence-electron chi connectivity index (χ0n) is 24.4. The van der Waals surface area contributed by atoms with Gasteiger partial charge in [-0.25, -0.2) is 4.79 Å². The van der Waals surface area contributed by atoms with Crippen LogP contribution in [0.15, 0.2) is 12.7 Å². The summed E-state index contributed by atoms with van der Waals surface area (Å²) in [5, 5.41) is 11.1. The number of hydrogen-bond donors (Lipinski definition) is 4. The average molecular weight is 546 g/mol. The number of amides is 5. The van der Waals surface area contributed by atoms with Crippen molar-refractivity contribution in [1.29, 1.82) is 0 Å². The van der Waals surface area contributed by atoms with E-state index in [1.54, 1.807) is 11.8 Å². The molecule has 5 amide bonds. The van der Waals surface area contributed by atoms with Gasteiger partial charge in [0.25, 0.3) is 5.91 Å². The van der Waals surface area contributed by atoms with Crippen molar-refractivity contribution in [3.63, 3.8) is 0 Å². The summed E-state index contributed by atoms with van der Waals surface area (Å²) in [6.07, 6.45) is 6.47. The lowest BCUT2D eigenvalue weighted by molar-refractivity contribution is -0.144. The summed E-state index contributed by atoms with van der Waals surface area (Å²) >= 11 is 0. The second kappa shape index (κ2) is 12.1. The third kappa shape index (κ3) is 7.00. The predicted molar refractivity (Wildman–Crippen MR) is 148 cm³/mol. The maximum absolute atomic E-state index is 14.1. The second-order valence-electron chi connectivity index (χ2n) is 12.9. The first-order valence-electron chi connectivity index (χ1n) is 14.3. The van der Waals surface area contributed by atoms with E-state index in [1.807, 2.05) is 20.8 Å². The zero-order chi connectivity index (χ0) is 29.1. The van der Waals surface area contributed by atoms with Crippen molar-refractivity contribution in [2.45, 2.75) is 104 Å². The second-order valence-corrected chi connectivity index (χ2v) is 12.9. The Bertz CT molecular complexity index is 981. The first-order chi connectivity index (χ1) is 18.2. The van der Waals surface area contributed by atoms with Gasteiger partial charge in [-0.05, 0) is 63.2 Å². The van der Waals surface area contributed by atoms with Crippen molar-refractivity contribution >= 4 is 29.5 Å². The van der Waals surface area contributed by atoms with Crippen molar-refractivity contribution in [3.8, 4) is 0 Å². The minimum atomic E-state index is -0.995. The number of Topliss-reactive ketones (excluding diaryl/α,β-unsaturated/α-hetero) is 1. The van der Waals surface area contributed by atoms with E-state index >= 15 is 0 Å². The van der Waals surface area contributed by atoms with Crippen LogP contribution in [0.2, 0.25) is 0 Å². The molecule has 3 rings (SSSR count). The Morgan fingerprint density at radius 1 is 1.05 bits per heavy atom. The molecular weight excluding hydrogens is 498 g/mol. The molecular formula is C29H47N5O5. The molecule has 3 fully saturated rings. The molecule has 5 atom stereocenters. The molecule has 3 aliphatic rings. The van der Waals surface area contributed by atoms with Crippen LogP contribution in [-0.2, 0) is 19.2 Å². The number of carbonyl (C=O) groups is 5. The quantitative estimate of drug-likeness (QED) is 0.247. The Hall–Kier alpha value is -2.91. The smallest absolute Gasteiger partial charge is 0.315 e. The first kappa shape index (κ1) is 30.6. The van der Waals surface area contributed by atoms with Crippen LogP contribution in [0.4, 0.5) is 4.79 Å². The average Bonchev–Trinajstić information content (AvgIpc) is 3.20. The minimum absolute atomic E-state index is 0.0101. The van der Waals surface area contributed by atoms with Gasteiger partial charge in [0, 0.05) is 18.6 Å². The molecule has 2 saturated carbocycles. The number of ketones is 1. The summed E-state index contributed by atoms with van der Waals surface area (Å²) in [5.74, 6) is -2.10. The molecule has 1 aliphatic heterocycles. The van der Waals surface area contributed by atoms with Crippen LogP contribution < -0.4 is 21.3 Å². The van der Waals surface area contributed by atoms with E-state index in [0.717, 1.165) is 32.1 Å². The summed E-state index contributed by atoms with van der Waals surface area (Å²) in [7, 11) is 0. The molecule has 10 heteroatoms. The summed E-state index contributed by atoms with van der Waals surface area (Å²) < 4.78 is 0. The van der Waals surface area contributed by atoms with E-state index < -0.39 is 47.3 Å². The van der Waals surface area contributed by atoms with E-state index in [1.165, 1.54) is 6.08 Å². The molecule has 0 aromatic carbocycles. The number of likely N-dealkylation sites (tertiary alicyclic amines) is 1. The molecule has 0 aromatic heterocycles. The zero-order valence-corrected chi connectivity index (χ0v) is 24.4. The van der Waals surface area contributed by atoms with E-state index in [0.29, 0.717) is 6.54 Å². The number of hydrogen-bond acceptors (Lipinski definition) is 5. The molecule has 4 N–H and O–H groups in total. The molecule has 1 heterocycles. The van der Waals surface area contributed by atoms with Crippen molar-refractivity contribution < 1.29 is 24.0 Å². The van der Waals surface area contributed by atoms with Crippen LogP contribution in [-0.4, -0.2) is 71.2 Å². The third-order valence-electron chi connectivity index (χ3n) is 8.59. The van der Waals surface area contributed by atoms with Crippen molar-refractivity contribution in [2.24, 2.45) is 23.2 Å². The molecule has 0 bridgehead atoms. The lowest BCUT2D eigenvalue weighted by Crippen LogP contribution is -2.61. The maximum atomic E-state index is 14.1. The fourth-order valence-electron chi connectivity index (χ4n) is 6.38. The molecule has 10 nitrogen and oxygen atoms in total. The standard InChI is InChI=1S/C29H47N5O5/c1-8-15-30-25(37)23(35)19(9-2)31-24(36)22-20-18(29(20,6)7)16-34(22)26(38)21(17-13-11-10-12-14-17)32-27(39)33-28(3,4)5/h8,17-22H,1,9-16H2,2-7H3,(H,30,37)(H,31,36)(H2,32,33,39)/t18-,19?,20-,21-,22-/m0/s1. The lowest BCUT2D eigenvalue weighted by atomic mass is 9.83. The Kier molecular flexibility index (Phi) is 9.49. The molecule has 39 heavy (non-hydrogen) atoms. The number of piperidine rings is 1. The number of rotatable bonds is 10. The number of nitrogens with zero attached hydrogens (tertiary/aromatic N) is 1. The van der Waals surface area contributed by atoms with E-state index in [9.17, 15) is 24.0 Å². The molecule has 0 aromatic rings. The van der Waals surface area contributed by atoms with Gasteiger partial charge in [0.15, 0.2) is 0 Å². The summed E-state index contributed by atoms with van der Waals surface area (Å²) in [5.41, 5.74) is -0.588. The van der Waals surface area contributed by atoms with Gasteiger partial charge >= 0.3 is 6.03 Å². The largest absolute Gasteiger partial charge is 0.346 e. The molecule has 1 unspecified atom stereocenters. The fourth-order valence-corrected chi connectivity index (χ4v) is 6.38. The number of fused-ring (bicyclic) bond motifs is 1. The predicted octanol–water partition coefficient (Wildman–Crippen LogP) is 2.28. The van der Waals surface area contributed by atoms with Crippen LogP contribution in [0, 0.1) is 23.2 Å². The van der Waals surface area contributed by atoms with E-state index in [4.69, 9.17) is 0 Å². The summed E-state index contributed by atoms with van der Waals surface area (Å²) in [6.45, 7) is 15.6. The van der Waals surface area contributed by atoms with Crippen molar-refractivity contribution in [3.05, 3.63) is 12.7 Å². The van der Waals surface area contributed by atoms with E-state index in [-0.39, 0.29) is 42.0 Å². The Balaban J connectivity index is 1.82. The number of carbonyl (C=O) groups excluding carboxylic acids is 5. The molecule has 2 aliphatic carbocycles. The minimum Gasteiger partial charge on any atom is -0.346 e. The van der Waals surface area contributed by atoms with Gasteiger partial charge < -0.3 is 26.2 Å². The van der Waals surface area contributed by atoms with Crippen LogP contribution in [0.5, 0.6) is 0 Å². The maximum Gasteiger partial charge on any atom is 0.315 e. The van der Waals surface area contributed by atoms with E-state index in [2.05, 4.69) is 41.7 Å². The van der Waals surface area contributed by atoms with Gasteiger partial charge in [-0.1, -0.05) is 46.1 Å². The van der Waals surface area contributed by atoms with Gasteiger partial charge in [0.2, 0.25) is 17.6 Å². The van der Waals surface area contributed by atoms with Crippen LogP contribution >= 0.6 is 0 Å². The third-order valence-corrected chi connectivity index (χ3v) is 8.59. The van der Waals surface area contributed by atoms with Gasteiger partial charge in [-0.2, -0.15) is 0 Å². The highest BCUT2D eigenvalue weighted by Gasteiger charge is 2.69. The summed E-state index contributed by atoms with van der Waals surface area (Å²) in [6, 6.07) is -2.91. The van der Waals surface area contributed by atoms with Crippen molar-refractivity contribution in [2.75, 3.05) is 13.1 Å². The van der Waals surface area contributed by atoms with Crippen molar-refractivity contribution in [1.82, 2.24) is 26.2 Å². The molecule has 0 spiro atoms. The summed E-state index contributed by atoms with van der Waals surface area (Å²) in [4.78, 5) is 67.3. The van der Waals surface area contributed by atoms with Crippen LogP contribution in [0.25, 0.3) is 0 Å². The Labute approximate surface area is 232 Å². The van der Waals surface area contributed by atoms with Crippen LogP contribution in [0.1, 0.15) is 80.1 Å². The van der Waals surface area contributed by atoms with Gasteiger partial charge in [0.05, 0.1) is 6.04 Å². The number of nitrogens with one attached hydrogen (secondary N) is 4. The highest BCUT2D eigenvalue weighted by molar-refractivity contribution is 6.38. The Morgan fingerprint density at radius 2 is 1.69 bits per heavy atom. The van der Waals surface area contributed by atoms with Gasteiger partial charge in [-0.3, -0.25) is 19.2 Å². The first-order valence-corrected chi connectivity index (χ1v) is 14.3. The van der Waals surface area contributed by atoms with Crippen LogP contribution in [0.3, 0.4) is 0 Å². The topological polar surface area (TPSA) is 137 Å². The monoisotopic (exact) mass is 545 g/mol. The SMILES string of the molecule is C=CCNC(=O)C(=O)C(CC)NC(=O)[C@@H]1[C@@H]2[C@H](CN1C(=O)[C@@H](NC(=O)NC(C)(C)C)C1CCCCC1)C2(C)C. The normalized spacial score (nSPS) is 25.5. The molecule has 218 valence electrons. The van der Waals surface area contributed by atoms with Gasteiger partial charge in [0.1, 0.15) is 12.1 Å². The molecule has 1 saturated heterocycles. The molecule has 0 radical (unpaired) electrons. The number of urea groups is 1. The van der Waals surface area contributed by atoms with Gasteiger partial charge in [-0.15, -0.1) is 6.58 Å². The lowest BCUT2D eigenvalue weighted by Gasteiger charge is -2.37.